The van der Waals surface area contributed by atoms with Gasteiger partial charge in [0.25, 0.3) is 5.91 Å². The van der Waals surface area contributed by atoms with Gasteiger partial charge in [0.2, 0.25) is 0 Å². The molecule has 0 fully saturated rings. The fraction of sp³-hybridized carbons (Fsp3) is 0.0909. The number of thiazole rings is 1. The summed E-state index contributed by atoms with van der Waals surface area (Å²) in [5.74, 6) is -0.838. The van der Waals surface area contributed by atoms with E-state index in [0.717, 1.165) is 14.9 Å². The summed E-state index contributed by atoms with van der Waals surface area (Å²) in [6.45, 7) is 1.95. The van der Waals surface area contributed by atoms with Crippen LogP contribution in [0.2, 0.25) is 0 Å². The highest BCUT2D eigenvalue weighted by Crippen LogP contribution is 2.31. The van der Waals surface area contributed by atoms with E-state index in [1.807, 2.05) is 24.4 Å². The highest BCUT2D eigenvalue weighted by atomic mass is 32.2. The van der Waals surface area contributed by atoms with Crippen molar-refractivity contribution in [3.8, 4) is 0 Å². The minimum atomic E-state index is -3.59. The zero-order chi connectivity index (χ0) is 21.8. The highest BCUT2D eigenvalue weighted by Gasteiger charge is 2.22. The van der Waals surface area contributed by atoms with Crippen molar-refractivity contribution in [1.29, 1.82) is 0 Å². The Morgan fingerprint density at radius 3 is 2.52 bits per heavy atom. The summed E-state index contributed by atoms with van der Waals surface area (Å²) < 4.78 is 31.5. The molecule has 9 heteroatoms. The Bertz CT molecular complexity index is 1290. The molecule has 31 heavy (non-hydrogen) atoms. The van der Waals surface area contributed by atoms with Crippen molar-refractivity contribution < 1.29 is 17.6 Å². The molecule has 0 saturated heterocycles. The molecule has 4 aromatic rings. The fourth-order valence-corrected chi connectivity index (χ4v) is 6.02. The quantitative estimate of drug-likeness (QED) is 0.388. The number of rotatable bonds is 7. The lowest BCUT2D eigenvalue weighted by atomic mass is 10.2. The third kappa shape index (κ3) is 5.25. The molecule has 0 bridgehead atoms. The van der Waals surface area contributed by atoms with E-state index in [-0.39, 0.29) is 16.4 Å². The number of furan rings is 1. The van der Waals surface area contributed by atoms with Crippen LogP contribution in [0.1, 0.15) is 21.8 Å². The van der Waals surface area contributed by atoms with Crippen LogP contribution in [0.15, 0.2) is 90.9 Å². The van der Waals surface area contributed by atoms with Crippen molar-refractivity contribution in [1.82, 2.24) is 4.98 Å². The van der Waals surface area contributed by atoms with E-state index >= 15 is 0 Å². The van der Waals surface area contributed by atoms with Crippen LogP contribution < -0.4 is 5.32 Å². The molecule has 0 unspecified atom stereocenters. The summed E-state index contributed by atoms with van der Waals surface area (Å²) in [6, 6.07) is 17.0. The molecule has 1 amide bonds. The maximum Gasteiger partial charge on any atom is 0.291 e. The Balaban J connectivity index is 1.44. The maximum absolute atomic E-state index is 12.7. The molecular formula is C22H18N2O4S3. The van der Waals surface area contributed by atoms with Crippen LogP contribution in [0, 0.1) is 6.92 Å². The van der Waals surface area contributed by atoms with Gasteiger partial charge < -0.3 is 9.73 Å². The third-order valence-corrected chi connectivity index (χ3v) is 8.06. The van der Waals surface area contributed by atoms with E-state index in [0.29, 0.717) is 11.3 Å². The van der Waals surface area contributed by atoms with Gasteiger partial charge in [-0.1, -0.05) is 30.0 Å². The van der Waals surface area contributed by atoms with Crippen LogP contribution in [-0.4, -0.2) is 19.3 Å². The van der Waals surface area contributed by atoms with Gasteiger partial charge in [-0.3, -0.25) is 4.79 Å². The molecule has 0 saturated carbocycles. The van der Waals surface area contributed by atoms with Gasteiger partial charge in [0.15, 0.2) is 19.9 Å². The van der Waals surface area contributed by atoms with Crippen LogP contribution in [0.3, 0.4) is 0 Å². The van der Waals surface area contributed by atoms with Crippen molar-refractivity contribution in [2.45, 2.75) is 26.8 Å². The average Bonchev–Trinajstić information content (AvgIpc) is 3.38. The average molecular weight is 471 g/mol. The second-order valence-electron chi connectivity index (χ2n) is 6.68. The van der Waals surface area contributed by atoms with Gasteiger partial charge in [-0.15, -0.1) is 11.3 Å². The Labute approximate surface area is 188 Å². The highest BCUT2D eigenvalue weighted by molar-refractivity contribution is 8.01. The summed E-state index contributed by atoms with van der Waals surface area (Å²) in [4.78, 5) is 18.3. The zero-order valence-corrected chi connectivity index (χ0v) is 18.9. The summed E-state index contributed by atoms with van der Waals surface area (Å²) in [6.07, 6.45) is 1.32. The maximum atomic E-state index is 12.7. The number of benzene rings is 2. The molecule has 0 aliphatic rings. The first kappa shape index (κ1) is 21.4. The van der Waals surface area contributed by atoms with Gasteiger partial charge in [-0.25, -0.2) is 13.4 Å². The first-order chi connectivity index (χ1) is 14.9. The minimum Gasteiger partial charge on any atom is -0.459 e. The minimum absolute atomic E-state index is 0.0174. The lowest BCUT2D eigenvalue weighted by Crippen LogP contribution is -2.14. The van der Waals surface area contributed by atoms with Crippen molar-refractivity contribution in [3.05, 3.63) is 89.3 Å². The monoisotopic (exact) mass is 470 g/mol. The molecule has 2 heterocycles. The second-order valence-corrected chi connectivity index (χ2v) is 10.9. The standard InChI is InChI=1S/C22H18N2O4S3/c1-15-13-29-22(23-15)30-18-9-7-17(8-10-18)24-21(25)20-16(11-12-28-20)14-31(26,27)19-5-3-2-4-6-19/h2-13H,14H2,1H3,(H,24,25). The number of carbonyl (C=O) groups is 1. The van der Waals surface area contributed by atoms with Crippen LogP contribution in [-0.2, 0) is 15.6 Å². The summed E-state index contributed by atoms with van der Waals surface area (Å²) in [5, 5.41) is 4.75. The van der Waals surface area contributed by atoms with E-state index < -0.39 is 15.7 Å². The van der Waals surface area contributed by atoms with E-state index in [1.54, 1.807) is 53.4 Å². The lowest BCUT2D eigenvalue weighted by Gasteiger charge is -2.07. The molecule has 0 spiro atoms. The number of sulfone groups is 1. The number of anilines is 1. The number of hydrogen-bond acceptors (Lipinski definition) is 7. The van der Waals surface area contributed by atoms with Crippen LogP contribution in [0.25, 0.3) is 0 Å². The van der Waals surface area contributed by atoms with E-state index in [9.17, 15) is 13.2 Å². The predicted molar refractivity (Wildman–Crippen MR) is 121 cm³/mol. The Kier molecular flexibility index (Phi) is 6.26. The number of carbonyl (C=O) groups excluding carboxylic acids is 1. The molecule has 0 radical (unpaired) electrons. The van der Waals surface area contributed by atoms with Crippen LogP contribution in [0.4, 0.5) is 5.69 Å². The fourth-order valence-electron chi connectivity index (χ4n) is 2.84. The first-order valence-electron chi connectivity index (χ1n) is 9.26. The number of aromatic nitrogens is 1. The number of amides is 1. The van der Waals surface area contributed by atoms with Gasteiger partial charge in [0.05, 0.1) is 16.9 Å². The molecule has 6 nitrogen and oxygen atoms in total. The molecule has 1 N–H and O–H groups in total. The molecule has 0 aliphatic carbocycles. The van der Waals surface area contributed by atoms with Gasteiger partial charge in [0.1, 0.15) is 0 Å². The van der Waals surface area contributed by atoms with Crippen LogP contribution >= 0.6 is 23.1 Å². The summed E-state index contributed by atoms with van der Waals surface area (Å²) >= 11 is 3.13. The predicted octanol–water partition coefficient (Wildman–Crippen LogP) is 5.42. The SMILES string of the molecule is Cc1csc(Sc2ccc(NC(=O)c3occc3CS(=O)(=O)c3ccccc3)cc2)n1. The lowest BCUT2D eigenvalue weighted by molar-refractivity contribution is 0.0996. The normalized spacial score (nSPS) is 11.4. The Morgan fingerprint density at radius 2 is 1.84 bits per heavy atom. The Hall–Kier alpha value is -2.88. The van der Waals surface area contributed by atoms with Crippen molar-refractivity contribution >= 4 is 44.5 Å². The second kappa shape index (κ2) is 9.09. The van der Waals surface area contributed by atoms with E-state index in [4.69, 9.17) is 4.42 Å². The zero-order valence-electron chi connectivity index (χ0n) is 16.4. The van der Waals surface area contributed by atoms with Crippen molar-refractivity contribution in [3.63, 3.8) is 0 Å². The third-order valence-electron chi connectivity index (χ3n) is 4.32. The molecular weight excluding hydrogens is 452 g/mol. The first-order valence-corrected chi connectivity index (χ1v) is 12.6. The van der Waals surface area contributed by atoms with Crippen molar-refractivity contribution in [2.24, 2.45) is 0 Å². The summed E-state index contributed by atoms with van der Waals surface area (Å²) in [7, 11) is -3.59. The summed E-state index contributed by atoms with van der Waals surface area (Å²) in [5.41, 5.74) is 1.88. The van der Waals surface area contributed by atoms with Gasteiger partial charge in [0, 0.05) is 27.2 Å². The van der Waals surface area contributed by atoms with E-state index in [1.165, 1.54) is 24.5 Å². The largest absolute Gasteiger partial charge is 0.459 e. The Morgan fingerprint density at radius 1 is 1.10 bits per heavy atom. The number of nitrogens with one attached hydrogen (secondary N) is 1. The molecule has 4 rings (SSSR count). The number of hydrogen-bond donors (Lipinski definition) is 1. The van der Waals surface area contributed by atoms with Gasteiger partial charge >= 0.3 is 0 Å². The molecule has 0 atom stereocenters. The van der Waals surface area contributed by atoms with E-state index in [2.05, 4.69) is 10.3 Å². The van der Waals surface area contributed by atoms with Crippen LogP contribution in [0.5, 0.6) is 0 Å². The molecule has 158 valence electrons. The van der Waals surface area contributed by atoms with Crippen molar-refractivity contribution in [2.75, 3.05) is 5.32 Å². The van der Waals surface area contributed by atoms with Gasteiger partial charge in [-0.2, -0.15) is 0 Å². The number of aryl methyl sites for hydroxylation is 1. The molecule has 0 aliphatic heterocycles. The number of nitrogens with zero attached hydrogens (tertiary/aromatic N) is 1. The topological polar surface area (TPSA) is 89.3 Å². The smallest absolute Gasteiger partial charge is 0.291 e. The van der Waals surface area contributed by atoms with Gasteiger partial charge in [-0.05, 0) is 49.4 Å². The molecule has 2 aromatic carbocycles. The molecule has 2 aromatic heterocycles.